The molecule has 2 rings (SSSR count). The van der Waals surface area contributed by atoms with Gasteiger partial charge >= 0.3 is 0 Å². The Balaban J connectivity index is 2.09. The molecule has 0 saturated carbocycles. The number of aliphatic hydroxyl groups is 2. The predicted octanol–water partition coefficient (Wildman–Crippen LogP) is 0.110. The maximum Gasteiger partial charge on any atom is 0.227 e. The van der Waals surface area contributed by atoms with E-state index in [1.165, 1.54) is 4.90 Å². The number of carbonyl (C=O) groups is 1. The van der Waals surface area contributed by atoms with Gasteiger partial charge in [0.1, 0.15) is 5.75 Å². The third-order valence-electron chi connectivity index (χ3n) is 3.39. The van der Waals surface area contributed by atoms with Crippen LogP contribution >= 0.6 is 0 Å². The van der Waals surface area contributed by atoms with E-state index < -0.39 is 12.2 Å². The molecule has 0 radical (unpaired) electrons. The molecule has 19 heavy (non-hydrogen) atoms. The van der Waals surface area contributed by atoms with Gasteiger partial charge in [0.05, 0.1) is 25.7 Å². The Hall–Kier alpha value is -1.59. The molecule has 1 amide bonds. The van der Waals surface area contributed by atoms with Gasteiger partial charge in [0, 0.05) is 18.7 Å². The summed E-state index contributed by atoms with van der Waals surface area (Å²) >= 11 is 0. The van der Waals surface area contributed by atoms with E-state index in [0.717, 1.165) is 11.1 Å². The number of likely N-dealkylation sites (tertiary alicyclic amines) is 1. The van der Waals surface area contributed by atoms with Gasteiger partial charge in [-0.2, -0.15) is 0 Å². The van der Waals surface area contributed by atoms with Crippen LogP contribution in [0, 0.1) is 6.92 Å². The first-order chi connectivity index (χ1) is 9.01. The lowest BCUT2D eigenvalue weighted by Crippen LogP contribution is -2.31. The van der Waals surface area contributed by atoms with Gasteiger partial charge in [-0.1, -0.05) is 17.7 Å². The van der Waals surface area contributed by atoms with Crippen LogP contribution in [-0.4, -0.2) is 53.4 Å². The Bertz CT molecular complexity index is 465. The maximum atomic E-state index is 12.1. The lowest BCUT2D eigenvalue weighted by Gasteiger charge is -2.16. The minimum atomic E-state index is -0.844. The molecule has 1 heterocycles. The molecule has 1 aliphatic rings. The fourth-order valence-electron chi connectivity index (χ4n) is 2.29. The highest BCUT2D eigenvalue weighted by molar-refractivity contribution is 5.80. The van der Waals surface area contributed by atoms with E-state index in [9.17, 15) is 15.0 Å². The van der Waals surface area contributed by atoms with E-state index >= 15 is 0 Å². The van der Waals surface area contributed by atoms with Crippen LogP contribution in [-0.2, 0) is 11.2 Å². The molecule has 5 nitrogen and oxygen atoms in total. The fourth-order valence-corrected chi connectivity index (χ4v) is 2.29. The average molecular weight is 265 g/mol. The summed E-state index contributed by atoms with van der Waals surface area (Å²) in [5, 5.41) is 18.9. The van der Waals surface area contributed by atoms with E-state index in [4.69, 9.17) is 4.74 Å². The topological polar surface area (TPSA) is 70.0 Å². The summed E-state index contributed by atoms with van der Waals surface area (Å²) < 4.78 is 5.24. The first-order valence-corrected chi connectivity index (χ1v) is 6.28. The Morgan fingerprint density at radius 3 is 2.58 bits per heavy atom. The van der Waals surface area contributed by atoms with Crippen LogP contribution in [0.5, 0.6) is 5.75 Å². The molecule has 104 valence electrons. The molecule has 0 aromatic heterocycles. The van der Waals surface area contributed by atoms with Gasteiger partial charge in [-0.05, 0) is 13.0 Å². The van der Waals surface area contributed by atoms with Crippen molar-refractivity contribution >= 4 is 5.91 Å². The molecule has 2 unspecified atom stereocenters. The maximum absolute atomic E-state index is 12.1. The zero-order chi connectivity index (χ0) is 14.0. The molecule has 1 aromatic carbocycles. The Labute approximate surface area is 112 Å². The number of carbonyl (C=O) groups excluding carboxylic acids is 1. The minimum Gasteiger partial charge on any atom is -0.496 e. The largest absolute Gasteiger partial charge is 0.496 e. The Morgan fingerprint density at radius 1 is 1.37 bits per heavy atom. The summed E-state index contributed by atoms with van der Waals surface area (Å²) in [6, 6.07) is 5.68. The number of hydrogen-bond donors (Lipinski definition) is 2. The molecule has 0 bridgehead atoms. The van der Waals surface area contributed by atoms with Crippen molar-refractivity contribution in [1.82, 2.24) is 4.90 Å². The Morgan fingerprint density at radius 2 is 2.00 bits per heavy atom. The third kappa shape index (κ3) is 3.05. The number of aryl methyl sites for hydroxylation is 1. The highest BCUT2D eigenvalue weighted by Gasteiger charge is 2.32. The third-order valence-corrected chi connectivity index (χ3v) is 3.39. The molecule has 1 aromatic rings. The first-order valence-electron chi connectivity index (χ1n) is 6.28. The first kappa shape index (κ1) is 13.8. The lowest BCUT2D eigenvalue weighted by molar-refractivity contribution is -0.130. The molecule has 1 aliphatic heterocycles. The molecule has 2 N–H and O–H groups in total. The number of aliphatic hydroxyl groups excluding tert-OH is 2. The number of β-amino-alcohol motifs (C(OH)–C–C–N with tert-alkyl or cyclic N) is 2. The van der Waals surface area contributed by atoms with Crippen molar-refractivity contribution in [2.24, 2.45) is 0 Å². The molecule has 5 heteroatoms. The Kier molecular flexibility index (Phi) is 4.07. The molecule has 0 spiro atoms. The minimum absolute atomic E-state index is 0.112. The van der Waals surface area contributed by atoms with E-state index in [1.54, 1.807) is 7.11 Å². The molecular formula is C14H19NO4. The van der Waals surface area contributed by atoms with Gasteiger partial charge in [0.25, 0.3) is 0 Å². The quantitative estimate of drug-likeness (QED) is 0.814. The van der Waals surface area contributed by atoms with E-state index in [-0.39, 0.29) is 25.4 Å². The van der Waals surface area contributed by atoms with Crippen LogP contribution in [0.25, 0.3) is 0 Å². The van der Waals surface area contributed by atoms with Crippen LogP contribution < -0.4 is 4.74 Å². The fraction of sp³-hybridized carbons (Fsp3) is 0.500. The second kappa shape index (κ2) is 5.59. The predicted molar refractivity (Wildman–Crippen MR) is 70.0 cm³/mol. The molecule has 1 fully saturated rings. The van der Waals surface area contributed by atoms with Gasteiger partial charge in [-0.15, -0.1) is 0 Å². The normalized spacial score (nSPS) is 22.6. The monoisotopic (exact) mass is 265 g/mol. The van der Waals surface area contributed by atoms with Crippen molar-refractivity contribution in [2.75, 3.05) is 20.2 Å². The summed E-state index contributed by atoms with van der Waals surface area (Å²) in [5.41, 5.74) is 1.88. The highest BCUT2D eigenvalue weighted by Crippen LogP contribution is 2.21. The lowest BCUT2D eigenvalue weighted by atomic mass is 10.1. The molecule has 0 aliphatic carbocycles. The molecule has 1 saturated heterocycles. The number of rotatable bonds is 3. The van der Waals surface area contributed by atoms with Crippen LogP contribution in [0.4, 0.5) is 0 Å². The standard InChI is InChI=1S/C14H19NO4/c1-9-3-4-13(19-2)10(5-9)6-14(18)15-7-11(16)12(17)8-15/h3-5,11-12,16-17H,6-8H2,1-2H3. The summed E-state index contributed by atoms with van der Waals surface area (Å²) in [6.07, 6.45) is -1.48. The van der Waals surface area contributed by atoms with Crippen molar-refractivity contribution in [1.29, 1.82) is 0 Å². The second-order valence-electron chi connectivity index (χ2n) is 4.93. The zero-order valence-corrected chi connectivity index (χ0v) is 11.2. The van der Waals surface area contributed by atoms with E-state index in [0.29, 0.717) is 5.75 Å². The number of benzene rings is 1. The van der Waals surface area contributed by atoms with Crippen LogP contribution in [0.1, 0.15) is 11.1 Å². The summed E-state index contributed by atoms with van der Waals surface area (Å²) in [6.45, 7) is 2.33. The average Bonchev–Trinajstić information content (AvgIpc) is 2.70. The number of ether oxygens (including phenoxy) is 1. The van der Waals surface area contributed by atoms with Gasteiger partial charge in [-0.25, -0.2) is 0 Å². The van der Waals surface area contributed by atoms with Crippen molar-refractivity contribution in [2.45, 2.75) is 25.6 Å². The van der Waals surface area contributed by atoms with E-state index in [1.807, 2.05) is 25.1 Å². The van der Waals surface area contributed by atoms with Crippen LogP contribution in [0.3, 0.4) is 0 Å². The molecular weight excluding hydrogens is 246 g/mol. The number of methoxy groups -OCH3 is 1. The van der Waals surface area contributed by atoms with Crippen molar-refractivity contribution in [3.63, 3.8) is 0 Å². The smallest absolute Gasteiger partial charge is 0.227 e. The van der Waals surface area contributed by atoms with Crippen molar-refractivity contribution in [3.8, 4) is 5.75 Å². The summed E-state index contributed by atoms with van der Waals surface area (Å²) in [5.74, 6) is 0.568. The van der Waals surface area contributed by atoms with Crippen molar-refractivity contribution in [3.05, 3.63) is 29.3 Å². The number of nitrogens with zero attached hydrogens (tertiary/aromatic N) is 1. The van der Waals surface area contributed by atoms with Crippen LogP contribution in [0.15, 0.2) is 18.2 Å². The summed E-state index contributed by atoms with van der Waals surface area (Å²) in [4.78, 5) is 13.6. The molecule has 2 atom stereocenters. The second-order valence-corrected chi connectivity index (χ2v) is 4.93. The number of hydrogen-bond acceptors (Lipinski definition) is 4. The van der Waals surface area contributed by atoms with Gasteiger partial charge in [0.2, 0.25) is 5.91 Å². The van der Waals surface area contributed by atoms with Crippen LogP contribution in [0.2, 0.25) is 0 Å². The zero-order valence-electron chi connectivity index (χ0n) is 11.2. The summed E-state index contributed by atoms with van der Waals surface area (Å²) in [7, 11) is 1.57. The van der Waals surface area contributed by atoms with E-state index in [2.05, 4.69) is 0 Å². The number of amides is 1. The SMILES string of the molecule is COc1ccc(C)cc1CC(=O)N1CC(O)C(O)C1. The van der Waals surface area contributed by atoms with Gasteiger partial charge in [-0.3, -0.25) is 4.79 Å². The van der Waals surface area contributed by atoms with Gasteiger partial charge < -0.3 is 19.8 Å². The van der Waals surface area contributed by atoms with Crippen molar-refractivity contribution < 1.29 is 19.7 Å². The van der Waals surface area contributed by atoms with Gasteiger partial charge in [0.15, 0.2) is 0 Å². The highest BCUT2D eigenvalue weighted by atomic mass is 16.5.